The maximum Gasteiger partial charge on any atom is 0.348 e. The Morgan fingerprint density at radius 2 is 1.63 bits per heavy atom. The van der Waals surface area contributed by atoms with Gasteiger partial charge in [0.05, 0.1) is 16.3 Å². The van der Waals surface area contributed by atoms with Crippen molar-refractivity contribution in [1.82, 2.24) is 14.8 Å². The van der Waals surface area contributed by atoms with E-state index in [9.17, 15) is 9.18 Å². The molecule has 1 heterocycles. The summed E-state index contributed by atoms with van der Waals surface area (Å²) in [6, 6.07) is 11.6. The molecule has 1 N–H and O–H groups in total. The van der Waals surface area contributed by atoms with Crippen molar-refractivity contribution in [3.63, 3.8) is 0 Å². The van der Waals surface area contributed by atoms with Crippen LogP contribution in [0.1, 0.15) is 84.1 Å². The molecule has 0 unspecified atom stereocenters. The van der Waals surface area contributed by atoms with E-state index in [0.29, 0.717) is 11.1 Å². The van der Waals surface area contributed by atoms with Crippen LogP contribution in [-0.4, -0.2) is 14.8 Å². The number of hydrogen-bond donors (Lipinski definition) is 1. The summed E-state index contributed by atoms with van der Waals surface area (Å²) >= 11 is 6.09. The van der Waals surface area contributed by atoms with Crippen molar-refractivity contribution in [3.05, 3.63) is 69.4 Å². The minimum Gasteiger partial charge on any atom is -0.288 e. The quantitative estimate of drug-likeness (QED) is 0.229. The SMILES string of the molecule is CC(C)(C)CCCCCCCCCC#Cc1ccc(-n2nc(-c3c(F)cccc3Cl)[nH]c2=O)cc1. The number of nitrogens with zero attached hydrogens (tertiary/aromatic N) is 2. The molecular weight excluding hydrogens is 461 g/mol. The van der Waals surface area contributed by atoms with Gasteiger partial charge in [0.2, 0.25) is 0 Å². The summed E-state index contributed by atoms with van der Waals surface area (Å²) in [5.74, 6) is 5.97. The van der Waals surface area contributed by atoms with Crippen LogP contribution in [0, 0.1) is 23.1 Å². The number of benzene rings is 2. The Bertz CT molecular complexity index is 1190. The van der Waals surface area contributed by atoms with Crippen LogP contribution in [0.15, 0.2) is 47.3 Å². The zero-order valence-electron chi connectivity index (χ0n) is 21.0. The maximum atomic E-state index is 14.2. The largest absolute Gasteiger partial charge is 0.348 e. The van der Waals surface area contributed by atoms with Crippen LogP contribution in [0.3, 0.4) is 0 Å². The molecule has 0 spiro atoms. The normalized spacial score (nSPS) is 11.3. The summed E-state index contributed by atoms with van der Waals surface area (Å²) in [4.78, 5) is 15.0. The van der Waals surface area contributed by atoms with Crippen molar-refractivity contribution < 1.29 is 4.39 Å². The molecule has 2 aromatic carbocycles. The Kier molecular flexibility index (Phi) is 9.74. The molecule has 0 fully saturated rings. The lowest BCUT2D eigenvalue weighted by Gasteiger charge is -2.17. The standard InChI is InChI=1S/C29H35ClFN3O/c1-29(2,3)21-12-10-8-6-4-5-7-9-11-14-22-17-19-23(20-18-22)34-28(35)32-27(33-34)26-24(30)15-13-16-25(26)31/h13,15-20H,4-10,12,21H2,1-3H3,(H,32,33,35). The summed E-state index contributed by atoms with van der Waals surface area (Å²) in [5.41, 5.74) is 1.52. The molecule has 0 aliphatic rings. The maximum absolute atomic E-state index is 14.2. The van der Waals surface area contributed by atoms with Crippen molar-refractivity contribution in [2.75, 3.05) is 0 Å². The van der Waals surface area contributed by atoms with Crippen molar-refractivity contribution in [2.45, 2.75) is 78.6 Å². The van der Waals surface area contributed by atoms with E-state index in [1.807, 2.05) is 12.1 Å². The molecule has 35 heavy (non-hydrogen) atoms. The summed E-state index contributed by atoms with van der Waals surface area (Å²) in [7, 11) is 0. The van der Waals surface area contributed by atoms with Gasteiger partial charge in [-0.15, -0.1) is 5.10 Å². The Morgan fingerprint density at radius 3 is 2.29 bits per heavy atom. The van der Waals surface area contributed by atoms with Gasteiger partial charge in [-0.2, -0.15) is 4.68 Å². The van der Waals surface area contributed by atoms with Crippen LogP contribution in [0.4, 0.5) is 4.39 Å². The van der Waals surface area contributed by atoms with Crippen molar-refractivity contribution >= 4 is 11.6 Å². The minimum atomic E-state index is -0.542. The Labute approximate surface area is 212 Å². The van der Waals surface area contributed by atoms with E-state index < -0.39 is 11.5 Å². The van der Waals surface area contributed by atoms with Gasteiger partial charge in [0, 0.05) is 12.0 Å². The number of aromatic nitrogens is 3. The van der Waals surface area contributed by atoms with Crippen LogP contribution < -0.4 is 5.69 Å². The van der Waals surface area contributed by atoms with Gasteiger partial charge in [-0.05, 0) is 54.7 Å². The first-order valence-electron chi connectivity index (χ1n) is 12.5. The molecule has 0 atom stereocenters. The van der Waals surface area contributed by atoms with Crippen molar-refractivity contribution in [2.24, 2.45) is 5.41 Å². The van der Waals surface area contributed by atoms with Gasteiger partial charge in [0.25, 0.3) is 0 Å². The number of unbranched alkanes of at least 4 members (excludes halogenated alkanes) is 7. The zero-order valence-corrected chi connectivity index (χ0v) is 21.7. The predicted octanol–water partition coefficient (Wildman–Crippen LogP) is 7.93. The second-order valence-corrected chi connectivity index (χ2v) is 10.6. The lowest BCUT2D eigenvalue weighted by atomic mass is 9.89. The highest BCUT2D eigenvalue weighted by Gasteiger charge is 2.16. The summed E-state index contributed by atoms with van der Waals surface area (Å²) in [6.45, 7) is 6.93. The summed E-state index contributed by atoms with van der Waals surface area (Å²) in [5, 5.41) is 4.42. The molecule has 3 rings (SSSR count). The molecule has 6 heteroatoms. The van der Waals surface area contributed by atoms with Crippen LogP contribution in [-0.2, 0) is 0 Å². The summed E-state index contributed by atoms with van der Waals surface area (Å²) in [6.07, 6.45) is 11.2. The molecule has 0 aliphatic heterocycles. The number of nitrogens with one attached hydrogen (secondary N) is 1. The average Bonchev–Trinajstić information content (AvgIpc) is 3.18. The Morgan fingerprint density at radius 1 is 0.971 bits per heavy atom. The third kappa shape index (κ3) is 8.40. The first kappa shape index (κ1) is 26.8. The molecule has 3 aromatic rings. The Hall–Kier alpha value is -2.84. The lowest BCUT2D eigenvalue weighted by Crippen LogP contribution is -2.15. The molecule has 0 saturated heterocycles. The van der Waals surface area contributed by atoms with Crippen molar-refractivity contribution in [1.29, 1.82) is 0 Å². The monoisotopic (exact) mass is 495 g/mol. The van der Waals surface area contributed by atoms with Crippen LogP contribution in [0.5, 0.6) is 0 Å². The van der Waals surface area contributed by atoms with E-state index in [4.69, 9.17) is 11.6 Å². The highest BCUT2D eigenvalue weighted by atomic mass is 35.5. The second-order valence-electron chi connectivity index (χ2n) is 10.2. The number of H-pyrrole nitrogens is 1. The highest BCUT2D eigenvalue weighted by molar-refractivity contribution is 6.33. The second kappa shape index (κ2) is 12.7. The molecule has 0 bridgehead atoms. The average molecular weight is 496 g/mol. The van der Waals surface area contributed by atoms with Gasteiger partial charge in [-0.1, -0.05) is 88.8 Å². The molecule has 0 aliphatic carbocycles. The minimum absolute atomic E-state index is 0.0769. The lowest BCUT2D eigenvalue weighted by molar-refractivity contribution is 0.356. The van der Waals surface area contributed by atoms with E-state index in [1.165, 1.54) is 61.8 Å². The van der Waals surface area contributed by atoms with Gasteiger partial charge < -0.3 is 0 Å². The van der Waals surface area contributed by atoms with E-state index >= 15 is 0 Å². The van der Waals surface area contributed by atoms with E-state index in [1.54, 1.807) is 18.2 Å². The topological polar surface area (TPSA) is 50.7 Å². The third-order valence-electron chi connectivity index (χ3n) is 5.89. The smallest absolute Gasteiger partial charge is 0.288 e. The third-order valence-corrected chi connectivity index (χ3v) is 6.21. The Balaban J connectivity index is 1.45. The van der Waals surface area contributed by atoms with Crippen molar-refractivity contribution in [3.8, 4) is 28.9 Å². The number of hydrogen-bond acceptors (Lipinski definition) is 2. The van der Waals surface area contributed by atoms with Gasteiger partial charge in [-0.3, -0.25) is 4.98 Å². The highest BCUT2D eigenvalue weighted by Crippen LogP contribution is 2.27. The molecule has 0 radical (unpaired) electrons. The number of rotatable bonds is 10. The van der Waals surface area contributed by atoms with Crippen LogP contribution in [0.2, 0.25) is 5.02 Å². The van der Waals surface area contributed by atoms with Gasteiger partial charge in [0.1, 0.15) is 5.82 Å². The first-order chi connectivity index (χ1) is 16.7. The molecule has 1 aromatic heterocycles. The van der Waals surface area contributed by atoms with Gasteiger partial charge in [0.15, 0.2) is 5.82 Å². The molecule has 186 valence electrons. The van der Waals surface area contributed by atoms with Crippen LogP contribution >= 0.6 is 11.6 Å². The fraction of sp³-hybridized carbons (Fsp3) is 0.448. The first-order valence-corrected chi connectivity index (χ1v) is 12.9. The molecule has 4 nitrogen and oxygen atoms in total. The summed E-state index contributed by atoms with van der Waals surface area (Å²) < 4.78 is 15.4. The fourth-order valence-electron chi connectivity index (χ4n) is 3.94. The fourth-order valence-corrected chi connectivity index (χ4v) is 4.19. The van der Waals surface area contributed by atoms with E-state index in [0.717, 1.165) is 18.4 Å². The van der Waals surface area contributed by atoms with E-state index in [-0.39, 0.29) is 16.4 Å². The van der Waals surface area contributed by atoms with Crippen LogP contribution in [0.25, 0.3) is 17.1 Å². The number of aromatic amines is 1. The van der Waals surface area contributed by atoms with Gasteiger partial charge >= 0.3 is 5.69 Å². The van der Waals surface area contributed by atoms with Gasteiger partial charge in [-0.25, -0.2) is 9.18 Å². The zero-order chi connectivity index (χ0) is 25.3. The number of halogens is 2. The molecular formula is C29H35ClFN3O. The molecule has 0 saturated carbocycles. The molecule has 0 amide bonds. The van der Waals surface area contributed by atoms with E-state index in [2.05, 4.69) is 42.7 Å². The predicted molar refractivity (Wildman–Crippen MR) is 142 cm³/mol.